The van der Waals surface area contributed by atoms with Crippen molar-refractivity contribution >= 4 is 5.97 Å². The standard InChI is InChI=1S/C8H10N2O3/c1-6-4-7(11)10(5-9-6)3-2-8(12)13/h4-5H,2-3H2,1H3,(H,12,13). The molecule has 0 radical (unpaired) electrons. The van der Waals surface area contributed by atoms with Crippen molar-refractivity contribution in [3.8, 4) is 0 Å². The molecule has 0 bridgehead atoms. The lowest BCUT2D eigenvalue weighted by molar-refractivity contribution is -0.137. The van der Waals surface area contributed by atoms with Crippen LogP contribution in [-0.2, 0) is 11.3 Å². The summed E-state index contributed by atoms with van der Waals surface area (Å²) in [5.74, 6) is -0.924. The Morgan fingerprint density at radius 1 is 1.69 bits per heavy atom. The smallest absolute Gasteiger partial charge is 0.305 e. The van der Waals surface area contributed by atoms with E-state index in [2.05, 4.69) is 4.98 Å². The van der Waals surface area contributed by atoms with Gasteiger partial charge < -0.3 is 5.11 Å². The molecule has 0 aliphatic rings. The molecule has 1 rings (SSSR count). The Bertz CT molecular complexity index is 370. The van der Waals surface area contributed by atoms with Crippen molar-refractivity contribution in [3.05, 3.63) is 28.4 Å². The van der Waals surface area contributed by atoms with Crippen LogP contribution in [0.3, 0.4) is 0 Å². The van der Waals surface area contributed by atoms with E-state index in [1.54, 1.807) is 6.92 Å². The second-order valence-electron chi connectivity index (χ2n) is 2.71. The third-order valence-corrected chi connectivity index (χ3v) is 1.58. The molecule has 1 N–H and O–H groups in total. The zero-order chi connectivity index (χ0) is 9.84. The van der Waals surface area contributed by atoms with E-state index in [0.29, 0.717) is 5.69 Å². The summed E-state index contributed by atoms with van der Waals surface area (Å²) in [6, 6.07) is 1.38. The van der Waals surface area contributed by atoms with Gasteiger partial charge in [-0.3, -0.25) is 14.2 Å². The molecule has 0 fully saturated rings. The first-order valence-electron chi connectivity index (χ1n) is 3.84. The topological polar surface area (TPSA) is 72.2 Å². The van der Waals surface area contributed by atoms with E-state index in [-0.39, 0.29) is 18.5 Å². The molecule has 1 aromatic heterocycles. The average molecular weight is 182 g/mol. The highest BCUT2D eigenvalue weighted by Crippen LogP contribution is 1.88. The van der Waals surface area contributed by atoms with Crippen molar-refractivity contribution in [2.75, 3.05) is 0 Å². The molecule has 0 atom stereocenters. The zero-order valence-electron chi connectivity index (χ0n) is 7.23. The van der Waals surface area contributed by atoms with Gasteiger partial charge in [0.15, 0.2) is 0 Å². The number of rotatable bonds is 3. The summed E-state index contributed by atoms with van der Waals surface area (Å²) < 4.78 is 1.28. The second kappa shape index (κ2) is 3.84. The maximum atomic E-state index is 11.2. The predicted molar refractivity (Wildman–Crippen MR) is 45.5 cm³/mol. The van der Waals surface area contributed by atoms with E-state index in [4.69, 9.17) is 5.11 Å². The molecule has 0 aromatic carbocycles. The maximum Gasteiger partial charge on any atom is 0.305 e. The molecule has 0 saturated heterocycles. The second-order valence-corrected chi connectivity index (χ2v) is 2.71. The number of aryl methyl sites for hydroxylation is 2. The van der Waals surface area contributed by atoms with Crippen molar-refractivity contribution in [3.63, 3.8) is 0 Å². The summed E-state index contributed by atoms with van der Waals surface area (Å²) in [6.07, 6.45) is 1.30. The van der Waals surface area contributed by atoms with Crippen molar-refractivity contribution in [1.82, 2.24) is 9.55 Å². The molecule has 1 aromatic rings. The Labute approximate surface area is 74.7 Å². The van der Waals surface area contributed by atoms with E-state index >= 15 is 0 Å². The largest absolute Gasteiger partial charge is 0.481 e. The lowest BCUT2D eigenvalue weighted by Gasteiger charge is -2.01. The minimum absolute atomic E-state index is 0.0648. The van der Waals surface area contributed by atoms with Crippen LogP contribution in [0.4, 0.5) is 0 Å². The third kappa shape index (κ3) is 2.70. The summed E-state index contributed by atoms with van der Waals surface area (Å²) in [4.78, 5) is 25.3. The molecule has 0 unspecified atom stereocenters. The van der Waals surface area contributed by atoms with Crippen LogP contribution in [0.2, 0.25) is 0 Å². The van der Waals surface area contributed by atoms with Crippen LogP contribution in [-0.4, -0.2) is 20.6 Å². The molecular formula is C8H10N2O3. The predicted octanol–water partition coefficient (Wildman–Crippen LogP) is 0.0264. The van der Waals surface area contributed by atoms with E-state index in [1.807, 2.05) is 0 Å². The maximum absolute atomic E-state index is 11.2. The minimum Gasteiger partial charge on any atom is -0.481 e. The van der Waals surface area contributed by atoms with Gasteiger partial charge in [-0.1, -0.05) is 0 Å². The Kier molecular flexibility index (Phi) is 2.79. The van der Waals surface area contributed by atoms with Gasteiger partial charge in [0.1, 0.15) is 0 Å². The number of hydrogen-bond acceptors (Lipinski definition) is 3. The fourth-order valence-electron chi connectivity index (χ4n) is 0.901. The number of hydrogen-bond donors (Lipinski definition) is 1. The average Bonchev–Trinajstić information content (AvgIpc) is 2.02. The minimum atomic E-state index is -0.924. The molecular weight excluding hydrogens is 172 g/mol. The molecule has 0 aliphatic carbocycles. The fourth-order valence-corrected chi connectivity index (χ4v) is 0.901. The highest BCUT2D eigenvalue weighted by atomic mass is 16.4. The molecule has 0 spiro atoms. The molecule has 0 saturated carbocycles. The van der Waals surface area contributed by atoms with Crippen molar-refractivity contribution < 1.29 is 9.90 Å². The van der Waals surface area contributed by atoms with Gasteiger partial charge in [0, 0.05) is 18.3 Å². The van der Waals surface area contributed by atoms with Crippen molar-refractivity contribution in [1.29, 1.82) is 0 Å². The highest BCUT2D eigenvalue weighted by Gasteiger charge is 2.00. The summed E-state index contributed by atoms with van der Waals surface area (Å²) in [6.45, 7) is 1.88. The lowest BCUT2D eigenvalue weighted by Crippen LogP contribution is -2.21. The first-order chi connectivity index (χ1) is 6.09. The molecule has 70 valence electrons. The molecule has 13 heavy (non-hydrogen) atoms. The van der Waals surface area contributed by atoms with Gasteiger partial charge in [0.2, 0.25) is 0 Å². The number of carbonyl (C=O) groups is 1. The van der Waals surface area contributed by atoms with Gasteiger partial charge in [-0.05, 0) is 6.92 Å². The van der Waals surface area contributed by atoms with E-state index < -0.39 is 5.97 Å². The van der Waals surface area contributed by atoms with Crippen LogP contribution in [0.1, 0.15) is 12.1 Å². The zero-order valence-corrected chi connectivity index (χ0v) is 7.23. The Hall–Kier alpha value is -1.65. The molecule has 5 heteroatoms. The third-order valence-electron chi connectivity index (χ3n) is 1.58. The SMILES string of the molecule is Cc1cc(=O)n(CCC(=O)O)cn1. The van der Waals surface area contributed by atoms with Crippen LogP contribution in [0.15, 0.2) is 17.2 Å². The number of aliphatic carboxylic acids is 1. The number of carboxylic acids is 1. The Morgan fingerprint density at radius 2 is 2.38 bits per heavy atom. The first kappa shape index (κ1) is 9.44. The molecule has 1 heterocycles. The number of nitrogens with zero attached hydrogens (tertiary/aromatic N) is 2. The van der Waals surface area contributed by atoms with Crippen molar-refractivity contribution in [2.24, 2.45) is 0 Å². The van der Waals surface area contributed by atoms with E-state index in [9.17, 15) is 9.59 Å². The number of aromatic nitrogens is 2. The van der Waals surface area contributed by atoms with Crippen LogP contribution >= 0.6 is 0 Å². The summed E-state index contributed by atoms with van der Waals surface area (Å²) in [5, 5.41) is 8.38. The molecule has 5 nitrogen and oxygen atoms in total. The van der Waals surface area contributed by atoms with Crippen LogP contribution < -0.4 is 5.56 Å². The van der Waals surface area contributed by atoms with Crippen LogP contribution in [0.5, 0.6) is 0 Å². The van der Waals surface area contributed by atoms with Crippen LogP contribution in [0.25, 0.3) is 0 Å². The van der Waals surface area contributed by atoms with Gasteiger partial charge in [-0.15, -0.1) is 0 Å². The van der Waals surface area contributed by atoms with Gasteiger partial charge in [0.05, 0.1) is 12.7 Å². The lowest BCUT2D eigenvalue weighted by atomic mass is 10.4. The van der Waals surface area contributed by atoms with Gasteiger partial charge >= 0.3 is 5.97 Å². The normalized spacial score (nSPS) is 9.92. The summed E-state index contributed by atoms with van der Waals surface area (Å²) in [5.41, 5.74) is 0.422. The molecule has 0 amide bonds. The van der Waals surface area contributed by atoms with E-state index in [1.165, 1.54) is 17.0 Å². The highest BCUT2D eigenvalue weighted by molar-refractivity contribution is 5.66. The Morgan fingerprint density at radius 3 is 2.92 bits per heavy atom. The van der Waals surface area contributed by atoms with Gasteiger partial charge in [-0.25, -0.2) is 4.98 Å². The van der Waals surface area contributed by atoms with Crippen LogP contribution in [0, 0.1) is 6.92 Å². The first-order valence-corrected chi connectivity index (χ1v) is 3.84. The van der Waals surface area contributed by atoms with E-state index in [0.717, 1.165) is 0 Å². The van der Waals surface area contributed by atoms with Crippen molar-refractivity contribution in [2.45, 2.75) is 19.9 Å². The monoisotopic (exact) mass is 182 g/mol. The number of carboxylic acid groups (broad SMARTS) is 1. The quantitative estimate of drug-likeness (QED) is 0.715. The fraction of sp³-hybridized carbons (Fsp3) is 0.375. The summed E-state index contributed by atoms with van der Waals surface area (Å²) in [7, 11) is 0. The Balaban J connectivity index is 2.78. The van der Waals surface area contributed by atoms with Gasteiger partial charge in [0.25, 0.3) is 5.56 Å². The van der Waals surface area contributed by atoms with Gasteiger partial charge in [-0.2, -0.15) is 0 Å². The molecule has 0 aliphatic heterocycles. The summed E-state index contributed by atoms with van der Waals surface area (Å²) >= 11 is 0.